The third-order valence-corrected chi connectivity index (χ3v) is 6.62. The highest BCUT2D eigenvalue weighted by molar-refractivity contribution is 9.10. The number of anilines is 2. The minimum atomic E-state index is -6.73. The summed E-state index contributed by atoms with van der Waals surface area (Å²) in [5.41, 5.74) is -14.2. The van der Waals surface area contributed by atoms with Gasteiger partial charge in [0.05, 0.1) is 28.1 Å². The van der Waals surface area contributed by atoms with Gasteiger partial charge < -0.3 is 10.2 Å². The molecule has 1 aromatic heterocycles. The summed E-state index contributed by atoms with van der Waals surface area (Å²) in [5, 5.41) is 1.31. The zero-order valence-corrected chi connectivity index (χ0v) is 22.6. The standard InChI is InChI=1S/C24H12BrClF11N3O2/c1-40(20(42)12-5-3-7-38-18(12)26)15-6-2-4-11(16(15)27)19(41)39-17-13(22(29,30)31)8-10(9-14(17)25)21(28,23(32,33)34)24(35,36)37/h2-9H,1H3,(H,39,41). The van der Waals surface area contributed by atoms with Crippen molar-refractivity contribution in [2.24, 2.45) is 0 Å². The Morgan fingerprint density at radius 1 is 0.905 bits per heavy atom. The van der Waals surface area contributed by atoms with Gasteiger partial charge in [0.15, 0.2) is 5.82 Å². The minimum absolute atomic E-state index is 0.184. The lowest BCUT2D eigenvalue weighted by molar-refractivity contribution is -0.348. The van der Waals surface area contributed by atoms with Crippen LogP contribution in [0.1, 0.15) is 31.8 Å². The summed E-state index contributed by atoms with van der Waals surface area (Å²) in [5.74, 6) is -4.03. The molecule has 2 amide bonds. The Morgan fingerprint density at radius 3 is 2.00 bits per heavy atom. The molecule has 42 heavy (non-hydrogen) atoms. The molecule has 0 spiro atoms. The summed E-state index contributed by atoms with van der Waals surface area (Å²) in [6, 6.07) is 4.36. The van der Waals surface area contributed by atoms with Crippen molar-refractivity contribution in [2.75, 3.05) is 17.3 Å². The van der Waals surface area contributed by atoms with E-state index in [1.54, 1.807) is 5.32 Å². The molecule has 18 heteroatoms. The molecular weight excluding hydrogens is 687 g/mol. The van der Waals surface area contributed by atoms with Gasteiger partial charge >= 0.3 is 24.2 Å². The minimum Gasteiger partial charge on any atom is -0.320 e. The van der Waals surface area contributed by atoms with Crippen molar-refractivity contribution in [3.05, 3.63) is 86.4 Å². The second-order valence-electron chi connectivity index (χ2n) is 8.33. The van der Waals surface area contributed by atoms with E-state index in [0.29, 0.717) is 4.90 Å². The van der Waals surface area contributed by atoms with Crippen LogP contribution in [-0.4, -0.2) is 36.2 Å². The van der Waals surface area contributed by atoms with E-state index in [4.69, 9.17) is 11.6 Å². The van der Waals surface area contributed by atoms with Crippen molar-refractivity contribution in [1.82, 2.24) is 4.98 Å². The number of hydrogen-bond acceptors (Lipinski definition) is 3. The van der Waals surface area contributed by atoms with Crippen LogP contribution in [0.3, 0.4) is 0 Å². The molecule has 0 aliphatic heterocycles. The maximum atomic E-state index is 15.3. The van der Waals surface area contributed by atoms with E-state index >= 15 is 4.39 Å². The molecule has 0 atom stereocenters. The molecule has 0 bridgehead atoms. The van der Waals surface area contributed by atoms with Crippen LogP contribution in [0.4, 0.5) is 59.7 Å². The molecule has 0 fully saturated rings. The van der Waals surface area contributed by atoms with Gasteiger partial charge in [-0.15, -0.1) is 0 Å². The average Bonchev–Trinajstić information content (AvgIpc) is 2.86. The molecule has 3 rings (SSSR count). The van der Waals surface area contributed by atoms with Crippen LogP contribution in [0.25, 0.3) is 0 Å². The predicted molar refractivity (Wildman–Crippen MR) is 130 cm³/mol. The Kier molecular flexibility index (Phi) is 8.90. The largest absolute Gasteiger partial charge is 0.435 e. The van der Waals surface area contributed by atoms with E-state index in [0.717, 1.165) is 25.2 Å². The molecule has 0 saturated heterocycles. The fourth-order valence-electron chi connectivity index (χ4n) is 3.61. The van der Waals surface area contributed by atoms with Crippen LogP contribution < -0.4 is 10.2 Å². The van der Waals surface area contributed by atoms with E-state index in [-0.39, 0.29) is 16.8 Å². The number of nitrogens with one attached hydrogen (secondary N) is 1. The van der Waals surface area contributed by atoms with Crippen molar-refractivity contribution in [1.29, 1.82) is 0 Å². The zero-order chi connectivity index (χ0) is 32.0. The molecule has 1 heterocycles. The smallest absolute Gasteiger partial charge is 0.320 e. The number of aromatic nitrogens is 1. The summed E-state index contributed by atoms with van der Waals surface area (Å²) in [7, 11) is 1.06. The fourth-order valence-corrected chi connectivity index (χ4v) is 4.37. The first-order valence-corrected chi connectivity index (χ1v) is 12.0. The maximum absolute atomic E-state index is 15.3. The van der Waals surface area contributed by atoms with Gasteiger partial charge in [-0.1, -0.05) is 17.7 Å². The molecule has 5 nitrogen and oxygen atoms in total. The van der Waals surface area contributed by atoms with Crippen molar-refractivity contribution in [3.8, 4) is 0 Å². The molecule has 0 aliphatic rings. The quantitative estimate of drug-likeness (QED) is 0.215. The Balaban J connectivity index is 2.09. The number of benzene rings is 2. The van der Waals surface area contributed by atoms with Crippen molar-refractivity contribution in [2.45, 2.75) is 24.2 Å². The number of carbonyl (C=O) groups is 2. The molecule has 3 aromatic rings. The molecule has 0 aliphatic carbocycles. The van der Waals surface area contributed by atoms with Gasteiger partial charge in [-0.25, -0.2) is 13.8 Å². The number of hydrogen-bond donors (Lipinski definition) is 1. The first-order chi connectivity index (χ1) is 19.1. The monoisotopic (exact) mass is 697 g/mol. The number of halogens is 13. The normalized spacial score (nSPS) is 12.7. The summed E-state index contributed by atoms with van der Waals surface area (Å²) < 4.78 is 149. The van der Waals surface area contributed by atoms with Gasteiger partial charge in [0.1, 0.15) is 5.15 Å². The molecular formula is C24H12BrClF11N3O2. The summed E-state index contributed by atoms with van der Waals surface area (Å²) >= 11 is 8.20. The van der Waals surface area contributed by atoms with Crippen molar-refractivity contribution >= 4 is 50.7 Å². The third kappa shape index (κ3) is 6.02. The maximum Gasteiger partial charge on any atom is 0.435 e. The predicted octanol–water partition coefficient (Wildman–Crippen LogP) is 8.47. The van der Waals surface area contributed by atoms with Crippen LogP contribution in [0, 0.1) is 5.82 Å². The number of rotatable bonds is 5. The Hall–Kier alpha value is -3.47. The van der Waals surface area contributed by atoms with Gasteiger partial charge in [-0.3, -0.25) is 9.59 Å². The average molecular weight is 699 g/mol. The van der Waals surface area contributed by atoms with E-state index in [1.165, 1.54) is 18.3 Å². The second kappa shape index (κ2) is 11.3. The van der Waals surface area contributed by atoms with E-state index in [9.17, 15) is 53.5 Å². The van der Waals surface area contributed by atoms with E-state index in [1.807, 2.05) is 0 Å². The van der Waals surface area contributed by atoms with Crippen molar-refractivity contribution < 1.29 is 57.9 Å². The van der Waals surface area contributed by atoms with Gasteiger partial charge in [-0.05, 0) is 52.3 Å². The molecule has 226 valence electrons. The highest BCUT2D eigenvalue weighted by Crippen LogP contribution is 2.55. The highest BCUT2D eigenvalue weighted by atomic mass is 79.9. The van der Waals surface area contributed by atoms with Crippen LogP contribution >= 0.6 is 27.5 Å². The number of alkyl halides is 10. The number of nitrogens with zero attached hydrogens (tertiary/aromatic N) is 2. The SMILES string of the molecule is CN(C(=O)c1cccnc1Cl)c1cccc(C(=O)Nc2c(Br)cc(C(F)(C(F)(F)F)C(F)(F)F)cc2C(F)(F)F)c1F. The Bertz CT molecular complexity index is 1530. The molecule has 0 saturated carbocycles. The lowest BCUT2D eigenvalue weighted by Crippen LogP contribution is -2.50. The fraction of sp³-hybridized carbons (Fsp3) is 0.208. The van der Waals surface area contributed by atoms with Crippen LogP contribution in [-0.2, 0) is 11.8 Å². The van der Waals surface area contributed by atoms with Gasteiger partial charge in [0.25, 0.3) is 11.8 Å². The number of carbonyl (C=O) groups excluding carboxylic acids is 2. The Labute approximate surface area is 241 Å². The van der Waals surface area contributed by atoms with Crippen LogP contribution in [0.5, 0.6) is 0 Å². The highest BCUT2D eigenvalue weighted by Gasteiger charge is 2.73. The lowest BCUT2D eigenvalue weighted by atomic mass is 9.92. The molecule has 0 unspecified atom stereocenters. The van der Waals surface area contributed by atoms with Crippen LogP contribution in [0.2, 0.25) is 5.15 Å². The van der Waals surface area contributed by atoms with Gasteiger partial charge in [-0.2, -0.15) is 39.5 Å². The molecule has 2 aromatic carbocycles. The van der Waals surface area contributed by atoms with Gasteiger partial charge in [0, 0.05) is 23.3 Å². The first-order valence-electron chi connectivity index (χ1n) is 10.8. The number of amides is 2. The lowest BCUT2D eigenvalue weighted by Gasteiger charge is -2.31. The van der Waals surface area contributed by atoms with E-state index < -0.39 is 80.4 Å². The first kappa shape index (κ1) is 33.0. The van der Waals surface area contributed by atoms with Crippen molar-refractivity contribution in [3.63, 3.8) is 0 Å². The second-order valence-corrected chi connectivity index (χ2v) is 9.54. The van der Waals surface area contributed by atoms with E-state index in [2.05, 4.69) is 20.9 Å². The Morgan fingerprint density at radius 2 is 1.48 bits per heavy atom. The summed E-state index contributed by atoms with van der Waals surface area (Å²) in [6.45, 7) is 0. The number of pyridine rings is 1. The molecule has 1 N–H and O–H groups in total. The zero-order valence-electron chi connectivity index (χ0n) is 20.2. The van der Waals surface area contributed by atoms with Gasteiger partial charge in [0.2, 0.25) is 0 Å². The summed E-state index contributed by atoms with van der Waals surface area (Å²) in [6.07, 6.45) is -17.9. The third-order valence-electron chi connectivity index (χ3n) is 5.69. The topological polar surface area (TPSA) is 62.3 Å². The summed E-state index contributed by atoms with van der Waals surface area (Å²) in [4.78, 5) is 30.0. The molecule has 0 radical (unpaired) electrons. The van der Waals surface area contributed by atoms with Crippen LogP contribution in [0.15, 0.2) is 53.1 Å².